The van der Waals surface area contributed by atoms with Crippen LogP contribution in [0.1, 0.15) is 126 Å². The molecule has 0 bridgehead atoms. The molecular formula is C31H54. The molecule has 0 radical (unpaired) electrons. The molecule has 8 atom stereocenters. The smallest absolute Gasteiger partial charge is 0.0238 e. The summed E-state index contributed by atoms with van der Waals surface area (Å²) in [6, 6.07) is 0. The van der Waals surface area contributed by atoms with E-state index in [1.165, 1.54) is 76.2 Å². The first kappa shape index (κ1) is 23.9. The molecule has 0 aromatic carbocycles. The summed E-state index contributed by atoms with van der Waals surface area (Å²) in [5.74, 6) is 5.40. The molecule has 178 valence electrons. The summed E-state index contributed by atoms with van der Waals surface area (Å²) >= 11 is 0. The van der Waals surface area contributed by atoms with Crippen molar-refractivity contribution in [3.63, 3.8) is 0 Å². The molecule has 4 saturated carbocycles. The molecule has 0 N–H and O–H groups in total. The van der Waals surface area contributed by atoms with E-state index in [0.717, 1.165) is 29.6 Å². The van der Waals surface area contributed by atoms with E-state index in [-0.39, 0.29) is 0 Å². The summed E-state index contributed by atoms with van der Waals surface area (Å²) in [5, 5.41) is 0. The molecule has 0 aromatic rings. The molecule has 4 aliphatic rings. The van der Waals surface area contributed by atoms with Crippen LogP contribution < -0.4 is 0 Å². The number of rotatable bonds is 5. The van der Waals surface area contributed by atoms with Crippen molar-refractivity contribution in [2.24, 2.45) is 57.2 Å². The van der Waals surface area contributed by atoms with Crippen LogP contribution >= 0.6 is 0 Å². The summed E-state index contributed by atoms with van der Waals surface area (Å²) in [7, 11) is 0. The van der Waals surface area contributed by atoms with Gasteiger partial charge in [-0.3, -0.25) is 0 Å². The van der Waals surface area contributed by atoms with Crippen molar-refractivity contribution < 1.29 is 0 Å². The standard InChI is InChI=1S/C31H54/c1-21(2)22(3)11-10-12-24-16-19-31(9)26-13-14-27-28(5,6)23(4)15-18-29(27,7)25(26)17-20-30(24,31)8/h21,23-27H,3,10-20H2,1-2,4-9H3/t23?,24?,25?,26?,27?,29?,30?,31-/m0/s1. The normalized spacial score (nSPS) is 48.7. The lowest BCUT2D eigenvalue weighted by molar-refractivity contribution is -0.186. The van der Waals surface area contributed by atoms with E-state index < -0.39 is 0 Å². The van der Waals surface area contributed by atoms with Crippen LogP contribution in [0.5, 0.6) is 0 Å². The zero-order chi connectivity index (χ0) is 22.8. The Morgan fingerprint density at radius 3 is 2.19 bits per heavy atom. The lowest BCUT2D eigenvalue weighted by Gasteiger charge is -2.67. The van der Waals surface area contributed by atoms with Crippen molar-refractivity contribution in [3.05, 3.63) is 12.2 Å². The van der Waals surface area contributed by atoms with Gasteiger partial charge in [0.25, 0.3) is 0 Å². The quantitative estimate of drug-likeness (QED) is 0.384. The van der Waals surface area contributed by atoms with Crippen molar-refractivity contribution >= 4 is 0 Å². The number of fused-ring (bicyclic) bond motifs is 5. The van der Waals surface area contributed by atoms with E-state index in [1.807, 2.05) is 0 Å². The van der Waals surface area contributed by atoms with Crippen LogP contribution in [-0.4, -0.2) is 0 Å². The number of hydrogen-bond acceptors (Lipinski definition) is 0. The largest absolute Gasteiger partial charge is 0.0996 e. The topological polar surface area (TPSA) is 0 Å². The molecule has 0 amide bonds. The van der Waals surface area contributed by atoms with Crippen LogP contribution in [0.2, 0.25) is 0 Å². The zero-order valence-corrected chi connectivity index (χ0v) is 22.4. The van der Waals surface area contributed by atoms with Crippen LogP contribution in [0.25, 0.3) is 0 Å². The molecule has 0 spiro atoms. The highest BCUT2D eigenvalue weighted by Crippen LogP contribution is 2.74. The van der Waals surface area contributed by atoms with E-state index in [9.17, 15) is 0 Å². The summed E-state index contributed by atoms with van der Waals surface area (Å²) in [6.07, 6.45) is 16.0. The van der Waals surface area contributed by atoms with Crippen molar-refractivity contribution in [2.45, 2.75) is 126 Å². The minimum Gasteiger partial charge on any atom is -0.0996 e. The van der Waals surface area contributed by atoms with Gasteiger partial charge in [-0.15, -0.1) is 0 Å². The molecule has 4 fully saturated rings. The molecule has 0 aliphatic heterocycles. The Bertz CT molecular complexity index is 684. The summed E-state index contributed by atoms with van der Waals surface area (Å²) in [6.45, 7) is 25.0. The van der Waals surface area contributed by atoms with Crippen LogP contribution in [0.15, 0.2) is 12.2 Å². The van der Waals surface area contributed by atoms with Gasteiger partial charge in [0, 0.05) is 0 Å². The van der Waals surface area contributed by atoms with Crippen LogP contribution in [0.4, 0.5) is 0 Å². The first-order valence-electron chi connectivity index (χ1n) is 14.1. The van der Waals surface area contributed by atoms with E-state index >= 15 is 0 Å². The lowest BCUT2D eigenvalue weighted by Crippen LogP contribution is -2.60. The minimum atomic E-state index is 0.524. The summed E-state index contributed by atoms with van der Waals surface area (Å²) < 4.78 is 0. The molecule has 4 rings (SSSR count). The van der Waals surface area contributed by atoms with Crippen LogP contribution in [0, 0.1) is 57.2 Å². The van der Waals surface area contributed by atoms with Crippen molar-refractivity contribution in [3.8, 4) is 0 Å². The van der Waals surface area contributed by atoms with Gasteiger partial charge in [0.15, 0.2) is 0 Å². The van der Waals surface area contributed by atoms with Crippen molar-refractivity contribution in [1.29, 1.82) is 0 Å². The average Bonchev–Trinajstić information content (AvgIpc) is 2.96. The Kier molecular flexibility index (Phi) is 6.09. The van der Waals surface area contributed by atoms with Gasteiger partial charge >= 0.3 is 0 Å². The van der Waals surface area contributed by atoms with Crippen LogP contribution in [-0.2, 0) is 0 Å². The second-order valence-corrected chi connectivity index (χ2v) is 14.4. The molecule has 0 heterocycles. The Morgan fingerprint density at radius 2 is 1.52 bits per heavy atom. The predicted molar refractivity (Wildman–Crippen MR) is 136 cm³/mol. The highest BCUT2D eigenvalue weighted by atomic mass is 14.7. The molecule has 7 unspecified atom stereocenters. The highest BCUT2D eigenvalue weighted by Gasteiger charge is 2.66. The summed E-state index contributed by atoms with van der Waals surface area (Å²) in [5.41, 5.74) is 3.74. The highest BCUT2D eigenvalue weighted by molar-refractivity contribution is 5.15. The van der Waals surface area contributed by atoms with E-state index in [0.29, 0.717) is 27.6 Å². The van der Waals surface area contributed by atoms with E-state index in [2.05, 4.69) is 62.0 Å². The number of allylic oxidation sites excluding steroid dienone is 1. The first-order chi connectivity index (χ1) is 14.4. The monoisotopic (exact) mass is 426 g/mol. The summed E-state index contributed by atoms with van der Waals surface area (Å²) in [4.78, 5) is 0. The zero-order valence-electron chi connectivity index (χ0n) is 22.4. The predicted octanol–water partition coefficient (Wildman–Crippen LogP) is 9.69. The van der Waals surface area contributed by atoms with Gasteiger partial charge in [0.2, 0.25) is 0 Å². The Balaban J connectivity index is 1.52. The number of hydrogen-bond donors (Lipinski definition) is 0. The Labute approximate surface area is 195 Å². The van der Waals surface area contributed by atoms with Crippen molar-refractivity contribution in [1.82, 2.24) is 0 Å². The fraction of sp³-hybridized carbons (Fsp3) is 0.935. The molecule has 0 aromatic heterocycles. The fourth-order valence-electron chi connectivity index (χ4n) is 10.1. The SMILES string of the molecule is C=C(CCCC1CC[C@@]2(C)C3CCC4C(C)(C)C(C)CCC4(C)C3CCC12C)C(C)C. The van der Waals surface area contributed by atoms with Gasteiger partial charge < -0.3 is 0 Å². The van der Waals surface area contributed by atoms with Gasteiger partial charge in [-0.2, -0.15) is 0 Å². The molecule has 0 nitrogen and oxygen atoms in total. The van der Waals surface area contributed by atoms with Gasteiger partial charge in [0.05, 0.1) is 0 Å². The molecular weight excluding hydrogens is 372 g/mol. The third-order valence-electron chi connectivity index (χ3n) is 13.1. The molecule has 0 saturated heterocycles. The minimum absolute atomic E-state index is 0.524. The van der Waals surface area contributed by atoms with Gasteiger partial charge in [-0.25, -0.2) is 0 Å². The second kappa shape index (κ2) is 7.91. The maximum atomic E-state index is 4.35. The fourth-order valence-corrected chi connectivity index (χ4v) is 10.1. The third kappa shape index (κ3) is 3.43. The lowest BCUT2D eigenvalue weighted by atomic mass is 9.37. The second-order valence-electron chi connectivity index (χ2n) is 14.4. The molecule has 31 heavy (non-hydrogen) atoms. The van der Waals surface area contributed by atoms with Gasteiger partial charge in [0.1, 0.15) is 0 Å². The van der Waals surface area contributed by atoms with Crippen molar-refractivity contribution in [2.75, 3.05) is 0 Å². The van der Waals surface area contributed by atoms with Gasteiger partial charge in [-0.1, -0.05) is 67.5 Å². The maximum absolute atomic E-state index is 4.35. The van der Waals surface area contributed by atoms with Crippen LogP contribution in [0.3, 0.4) is 0 Å². The van der Waals surface area contributed by atoms with E-state index in [1.54, 1.807) is 0 Å². The average molecular weight is 427 g/mol. The Hall–Kier alpha value is -0.260. The maximum Gasteiger partial charge on any atom is -0.0238 e. The third-order valence-corrected chi connectivity index (χ3v) is 13.1. The van der Waals surface area contributed by atoms with E-state index in [4.69, 9.17) is 0 Å². The molecule has 0 heteroatoms. The molecule has 4 aliphatic carbocycles. The first-order valence-corrected chi connectivity index (χ1v) is 14.1. The van der Waals surface area contributed by atoms with Gasteiger partial charge in [-0.05, 0) is 128 Å². The Morgan fingerprint density at radius 1 is 0.839 bits per heavy atom.